The van der Waals surface area contributed by atoms with Gasteiger partial charge in [0.2, 0.25) is 0 Å². The van der Waals surface area contributed by atoms with Gasteiger partial charge in [-0.3, -0.25) is 20.2 Å². The van der Waals surface area contributed by atoms with Crippen molar-refractivity contribution in [1.29, 1.82) is 0 Å². The van der Waals surface area contributed by atoms with Crippen LogP contribution in [0.3, 0.4) is 0 Å². The van der Waals surface area contributed by atoms with E-state index in [9.17, 15) is 30.1 Å². The van der Waals surface area contributed by atoms with Crippen LogP contribution >= 0.6 is 0 Å². The minimum Gasteiger partial charge on any atom is -0.497 e. The van der Waals surface area contributed by atoms with Crippen molar-refractivity contribution in [3.63, 3.8) is 0 Å². The summed E-state index contributed by atoms with van der Waals surface area (Å²) in [5, 5.41) is 30.9. The van der Waals surface area contributed by atoms with Crippen LogP contribution in [0, 0.1) is 27.2 Å². The fraction of sp³-hybridized carbons (Fsp3) is 0.222. The van der Waals surface area contributed by atoms with E-state index in [2.05, 4.69) is 4.74 Å². The molecule has 0 aliphatic rings. The van der Waals surface area contributed by atoms with E-state index in [1.54, 1.807) is 0 Å². The number of carbonyl (C=O) groups excluding carboxylic acids is 1. The number of hydrogen-bond donors (Lipinski definition) is 1. The first-order chi connectivity index (χ1) is 8.31. The molecule has 0 aliphatic heterocycles. The average molecular weight is 256 g/mol. The summed E-state index contributed by atoms with van der Waals surface area (Å²) < 4.78 is 4.34. The second kappa shape index (κ2) is 4.65. The topological polar surface area (TPSA) is 133 Å². The molecule has 0 aromatic heterocycles. The van der Waals surface area contributed by atoms with E-state index < -0.39 is 38.5 Å². The molecular formula is C9H8N2O7. The molecule has 0 saturated carbocycles. The van der Waals surface area contributed by atoms with Crippen LogP contribution in [-0.4, -0.2) is 28.0 Å². The Morgan fingerprint density at radius 2 is 1.89 bits per heavy atom. The van der Waals surface area contributed by atoms with Crippen molar-refractivity contribution in [2.45, 2.75) is 6.92 Å². The van der Waals surface area contributed by atoms with Crippen LogP contribution in [-0.2, 0) is 4.74 Å². The lowest BCUT2D eigenvalue weighted by molar-refractivity contribution is -0.396. The van der Waals surface area contributed by atoms with E-state index in [1.165, 1.54) is 6.92 Å². The zero-order valence-corrected chi connectivity index (χ0v) is 9.37. The van der Waals surface area contributed by atoms with Crippen LogP contribution in [0.1, 0.15) is 15.9 Å². The number of benzene rings is 1. The van der Waals surface area contributed by atoms with Gasteiger partial charge in [-0.25, -0.2) is 4.79 Å². The van der Waals surface area contributed by atoms with Gasteiger partial charge in [0, 0.05) is 6.07 Å². The minimum atomic E-state index is -1.17. The van der Waals surface area contributed by atoms with Gasteiger partial charge in [-0.2, -0.15) is 0 Å². The second-order valence-corrected chi connectivity index (χ2v) is 3.29. The van der Waals surface area contributed by atoms with Crippen LogP contribution in [0.2, 0.25) is 0 Å². The molecule has 96 valence electrons. The third-order valence-electron chi connectivity index (χ3n) is 2.22. The maximum Gasteiger partial charge on any atom is 0.345 e. The third-order valence-corrected chi connectivity index (χ3v) is 2.22. The van der Waals surface area contributed by atoms with Gasteiger partial charge in [-0.1, -0.05) is 0 Å². The SMILES string of the molecule is COC(=O)c1c(C)cc([N+](=O)[O-])c(O)c1[N+](=O)[O-]. The number of esters is 1. The highest BCUT2D eigenvalue weighted by Crippen LogP contribution is 2.40. The summed E-state index contributed by atoms with van der Waals surface area (Å²) >= 11 is 0. The molecule has 1 aromatic carbocycles. The molecule has 9 nitrogen and oxygen atoms in total. The van der Waals surface area contributed by atoms with E-state index in [1.807, 2.05) is 0 Å². The Morgan fingerprint density at radius 3 is 2.28 bits per heavy atom. The standard InChI is InChI=1S/C9H8N2O7/c1-4-3-5(10(14)15)8(12)7(11(16)17)6(4)9(13)18-2/h3,12H,1-2H3. The molecule has 1 aromatic rings. The number of nitro benzene ring substituents is 2. The van der Waals surface area contributed by atoms with Gasteiger partial charge in [-0.15, -0.1) is 0 Å². The molecule has 18 heavy (non-hydrogen) atoms. The zero-order chi connectivity index (χ0) is 14.0. The molecule has 0 unspecified atom stereocenters. The number of nitrogens with zero attached hydrogens (tertiary/aromatic N) is 2. The van der Waals surface area contributed by atoms with Crippen LogP contribution in [0.5, 0.6) is 5.75 Å². The van der Waals surface area contributed by atoms with Gasteiger partial charge in [0.15, 0.2) is 0 Å². The molecular weight excluding hydrogens is 248 g/mol. The van der Waals surface area contributed by atoms with E-state index in [0.717, 1.165) is 13.2 Å². The number of aromatic hydroxyl groups is 1. The maximum absolute atomic E-state index is 11.4. The lowest BCUT2D eigenvalue weighted by atomic mass is 10.0. The van der Waals surface area contributed by atoms with Crippen LogP contribution in [0.15, 0.2) is 6.07 Å². The van der Waals surface area contributed by atoms with Crippen LogP contribution < -0.4 is 0 Å². The fourth-order valence-corrected chi connectivity index (χ4v) is 1.45. The zero-order valence-electron chi connectivity index (χ0n) is 9.37. The average Bonchev–Trinajstić information content (AvgIpc) is 2.29. The molecule has 9 heteroatoms. The Labute approximate surface area is 99.9 Å². The minimum absolute atomic E-state index is 0.0296. The predicted molar refractivity (Wildman–Crippen MR) is 57.5 cm³/mol. The maximum atomic E-state index is 11.4. The molecule has 0 aliphatic carbocycles. The highest BCUT2D eigenvalue weighted by molar-refractivity contribution is 5.97. The van der Waals surface area contributed by atoms with Crippen molar-refractivity contribution in [3.8, 4) is 5.75 Å². The number of hydrogen-bond acceptors (Lipinski definition) is 7. The molecule has 0 amide bonds. The second-order valence-electron chi connectivity index (χ2n) is 3.29. The van der Waals surface area contributed by atoms with E-state index in [0.29, 0.717) is 0 Å². The highest BCUT2D eigenvalue weighted by atomic mass is 16.6. The van der Waals surface area contributed by atoms with Crippen LogP contribution in [0.4, 0.5) is 11.4 Å². The van der Waals surface area contributed by atoms with Gasteiger partial charge in [0.05, 0.1) is 17.0 Å². The number of ether oxygens (including phenoxy) is 1. The Balaban J connectivity index is 3.74. The highest BCUT2D eigenvalue weighted by Gasteiger charge is 2.34. The van der Waals surface area contributed by atoms with Gasteiger partial charge in [0.1, 0.15) is 5.56 Å². The summed E-state index contributed by atoms with van der Waals surface area (Å²) in [6.07, 6.45) is 0. The first kappa shape index (κ1) is 13.4. The lowest BCUT2D eigenvalue weighted by Crippen LogP contribution is -2.09. The molecule has 0 bridgehead atoms. The Bertz CT molecular complexity index is 552. The predicted octanol–water partition coefficient (Wildman–Crippen LogP) is 1.30. The van der Waals surface area contributed by atoms with Crippen LogP contribution in [0.25, 0.3) is 0 Å². The summed E-state index contributed by atoms with van der Waals surface area (Å²) in [5.74, 6) is -2.22. The molecule has 0 heterocycles. The number of phenolic OH excluding ortho intramolecular Hbond substituents is 1. The number of aryl methyl sites for hydroxylation is 1. The molecule has 0 radical (unpaired) electrons. The molecule has 0 fully saturated rings. The normalized spacial score (nSPS) is 9.89. The summed E-state index contributed by atoms with van der Waals surface area (Å²) in [6.45, 7) is 1.27. The summed E-state index contributed by atoms with van der Waals surface area (Å²) in [7, 11) is 1.00. The molecule has 1 N–H and O–H groups in total. The van der Waals surface area contributed by atoms with Gasteiger partial charge >= 0.3 is 17.3 Å². The summed E-state index contributed by atoms with van der Waals surface area (Å²) in [6, 6.07) is 0.870. The Morgan fingerprint density at radius 1 is 1.33 bits per heavy atom. The van der Waals surface area contributed by atoms with E-state index in [-0.39, 0.29) is 5.56 Å². The number of methoxy groups -OCH3 is 1. The smallest absolute Gasteiger partial charge is 0.345 e. The van der Waals surface area contributed by atoms with Crippen molar-refractivity contribution in [3.05, 3.63) is 37.4 Å². The van der Waals surface area contributed by atoms with Crippen molar-refractivity contribution in [2.75, 3.05) is 7.11 Å². The molecule has 0 saturated heterocycles. The first-order valence-corrected chi connectivity index (χ1v) is 4.54. The molecule has 0 atom stereocenters. The van der Waals surface area contributed by atoms with E-state index in [4.69, 9.17) is 0 Å². The quantitative estimate of drug-likeness (QED) is 0.489. The van der Waals surface area contributed by atoms with Gasteiger partial charge in [0.25, 0.3) is 5.75 Å². The monoisotopic (exact) mass is 256 g/mol. The Kier molecular flexibility index (Phi) is 3.45. The first-order valence-electron chi connectivity index (χ1n) is 4.54. The molecule has 1 rings (SSSR count). The number of nitro groups is 2. The number of carbonyl (C=O) groups is 1. The van der Waals surface area contributed by atoms with Gasteiger partial charge in [-0.05, 0) is 12.5 Å². The number of phenols is 1. The summed E-state index contributed by atoms with van der Waals surface area (Å²) in [5.41, 5.74) is -2.41. The van der Waals surface area contributed by atoms with Crippen molar-refractivity contribution in [1.82, 2.24) is 0 Å². The van der Waals surface area contributed by atoms with Crippen molar-refractivity contribution >= 4 is 17.3 Å². The summed E-state index contributed by atoms with van der Waals surface area (Å²) in [4.78, 5) is 30.8. The third kappa shape index (κ3) is 2.05. The number of rotatable bonds is 3. The van der Waals surface area contributed by atoms with Crippen molar-refractivity contribution in [2.24, 2.45) is 0 Å². The lowest BCUT2D eigenvalue weighted by Gasteiger charge is -2.06. The van der Waals surface area contributed by atoms with Gasteiger partial charge < -0.3 is 9.84 Å². The fourth-order valence-electron chi connectivity index (χ4n) is 1.45. The van der Waals surface area contributed by atoms with Crippen molar-refractivity contribution < 1.29 is 24.5 Å². The largest absolute Gasteiger partial charge is 0.497 e. The molecule has 0 spiro atoms. The van der Waals surface area contributed by atoms with E-state index >= 15 is 0 Å². The Hall–Kier alpha value is -2.71.